The van der Waals surface area contributed by atoms with Gasteiger partial charge in [-0.3, -0.25) is 5.10 Å². The predicted octanol–water partition coefficient (Wildman–Crippen LogP) is 3.42. The minimum absolute atomic E-state index is 0. The number of anilines is 1. The zero-order valence-corrected chi connectivity index (χ0v) is 13.3. The van der Waals surface area contributed by atoms with Crippen LogP contribution in [-0.2, 0) is 0 Å². The highest BCUT2D eigenvalue weighted by molar-refractivity contribution is 6.30. The number of halogens is 2. The summed E-state index contributed by atoms with van der Waals surface area (Å²) in [5.41, 5.74) is 2.07. The number of rotatable bonds is 2. The molecule has 0 amide bonds. The highest BCUT2D eigenvalue weighted by atomic mass is 35.5. The number of hydrogen-bond acceptors (Lipinski definition) is 4. The maximum Gasteiger partial charge on any atom is 0.227 e. The first-order valence-electron chi connectivity index (χ1n) is 6.96. The van der Waals surface area contributed by atoms with Gasteiger partial charge in [0.25, 0.3) is 0 Å². The Balaban J connectivity index is 0.00000144. The maximum absolute atomic E-state index is 6.08. The quantitative estimate of drug-likeness (QED) is 0.779. The molecule has 3 aromatic rings. The van der Waals surface area contributed by atoms with E-state index in [0.29, 0.717) is 5.92 Å². The molecule has 3 heterocycles. The topological polar surface area (TPSA) is 57.7 Å². The van der Waals surface area contributed by atoms with E-state index in [2.05, 4.69) is 37.2 Å². The van der Waals surface area contributed by atoms with Gasteiger partial charge in [0.2, 0.25) is 5.95 Å². The van der Waals surface area contributed by atoms with Gasteiger partial charge in [-0.1, -0.05) is 23.7 Å². The number of fused-ring (bicyclic) bond motifs is 1. The summed E-state index contributed by atoms with van der Waals surface area (Å²) in [6.45, 7) is 1.87. The molecule has 0 bridgehead atoms. The van der Waals surface area contributed by atoms with Crippen LogP contribution >= 0.6 is 24.0 Å². The monoisotopic (exact) mass is 335 g/mol. The Morgan fingerprint density at radius 2 is 2.18 bits per heavy atom. The number of benzene rings is 1. The Labute approximate surface area is 139 Å². The van der Waals surface area contributed by atoms with Gasteiger partial charge in [-0.25, -0.2) is 4.98 Å². The molecule has 5 nitrogen and oxygen atoms in total. The molecule has 22 heavy (non-hydrogen) atoms. The van der Waals surface area contributed by atoms with Crippen molar-refractivity contribution in [1.29, 1.82) is 0 Å². The van der Waals surface area contributed by atoms with Crippen LogP contribution in [0.1, 0.15) is 17.9 Å². The summed E-state index contributed by atoms with van der Waals surface area (Å²) in [5.74, 6) is 1.24. The van der Waals surface area contributed by atoms with E-state index in [1.54, 1.807) is 6.20 Å². The van der Waals surface area contributed by atoms with Crippen molar-refractivity contribution in [2.24, 2.45) is 0 Å². The van der Waals surface area contributed by atoms with Crippen LogP contribution in [0.15, 0.2) is 36.7 Å². The lowest BCUT2D eigenvalue weighted by atomic mass is 9.99. The smallest absolute Gasteiger partial charge is 0.227 e. The third-order valence-electron chi connectivity index (χ3n) is 3.97. The summed E-state index contributed by atoms with van der Waals surface area (Å²) in [6.07, 6.45) is 4.64. The van der Waals surface area contributed by atoms with Crippen molar-refractivity contribution in [2.75, 3.05) is 18.0 Å². The molecule has 1 saturated heterocycles. The minimum Gasteiger partial charge on any atom is -0.340 e. The largest absolute Gasteiger partial charge is 0.340 e. The van der Waals surface area contributed by atoms with Crippen molar-refractivity contribution < 1.29 is 0 Å². The molecule has 2 aromatic heterocycles. The lowest BCUT2D eigenvalue weighted by molar-refractivity contribution is 0.773. The maximum atomic E-state index is 6.08. The van der Waals surface area contributed by atoms with Gasteiger partial charge in [-0.05, 0) is 24.1 Å². The van der Waals surface area contributed by atoms with E-state index >= 15 is 0 Å². The van der Waals surface area contributed by atoms with Crippen LogP contribution in [-0.4, -0.2) is 33.3 Å². The van der Waals surface area contributed by atoms with E-state index in [4.69, 9.17) is 11.6 Å². The number of nitrogens with zero attached hydrogens (tertiary/aromatic N) is 4. The van der Waals surface area contributed by atoms with Gasteiger partial charge in [-0.2, -0.15) is 10.1 Å². The summed E-state index contributed by atoms with van der Waals surface area (Å²) < 4.78 is 0. The summed E-state index contributed by atoms with van der Waals surface area (Å²) >= 11 is 6.08. The number of hydrogen-bond donors (Lipinski definition) is 1. The van der Waals surface area contributed by atoms with Gasteiger partial charge < -0.3 is 4.90 Å². The molecule has 7 heteroatoms. The third-order valence-corrected chi connectivity index (χ3v) is 4.20. The van der Waals surface area contributed by atoms with Gasteiger partial charge in [0, 0.05) is 30.2 Å². The number of aromatic nitrogens is 4. The fraction of sp³-hybridized carbons (Fsp3) is 0.267. The molecule has 4 rings (SSSR count). The molecule has 1 atom stereocenters. The Hall–Kier alpha value is -1.85. The fourth-order valence-corrected chi connectivity index (χ4v) is 3.05. The first kappa shape index (κ1) is 15.1. The Kier molecular flexibility index (Phi) is 4.18. The molecule has 0 spiro atoms. The number of nitrogens with one attached hydrogen (secondary N) is 1. The minimum atomic E-state index is 0. The zero-order chi connectivity index (χ0) is 14.2. The van der Waals surface area contributed by atoms with Gasteiger partial charge in [-0.15, -0.1) is 12.4 Å². The van der Waals surface area contributed by atoms with E-state index in [0.717, 1.165) is 41.5 Å². The van der Waals surface area contributed by atoms with Crippen LogP contribution in [0.4, 0.5) is 5.95 Å². The van der Waals surface area contributed by atoms with E-state index in [1.165, 1.54) is 5.56 Å². The van der Waals surface area contributed by atoms with Gasteiger partial charge in [0.05, 0.1) is 11.6 Å². The van der Waals surface area contributed by atoms with Crippen molar-refractivity contribution in [3.05, 3.63) is 47.2 Å². The molecule has 0 radical (unpaired) electrons. The van der Waals surface area contributed by atoms with Crippen LogP contribution in [0.25, 0.3) is 11.0 Å². The van der Waals surface area contributed by atoms with Crippen LogP contribution in [0.2, 0.25) is 5.02 Å². The summed E-state index contributed by atoms with van der Waals surface area (Å²) in [6, 6.07) is 8.11. The van der Waals surface area contributed by atoms with Gasteiger partial charge in [0.1, 0.15) is 0 Å². The number of aromatic amines is 1. The second kappa shape index (κ2) is 6.10. The van der Waals surface area contributed by atoms with Gasteiger partial charge in [0.15, 0.2) is 5.65 Å². The normalized spacial score (nSPS) is 17.7. The van der Waals surface area contributed by atoms with Crippen molar-refractivity contribution >= 4 is 41.0 Å². The summed E-state index contributed by atoms with van der Waals surface area (Å²) in [5, 5.41) is 8.60. The van der Waals surface area contributed by atoms with E-state index in [1.807, 2.05) is 18.3 Å². The molecule has 1 aliphatic rings. The summed E-state index contributed by atoms with van der Waals surface area (Å²) in [4.78, 5) is 11.2. The lowest BCUT2D eigenvalue weighted by Crippen LogP contribution is -2.21. The standard InChI is InChI=1S/C15H14ClN5.ClH/c16-13-3-1-2-10(6-13)11-4-5-21(9-11)15-17-7-12-8-18-20-14(12)19-15;/h1-3,6-8,11H,4-5,9H2,(H,17,18,19,20);1H. The average Bonchev–Trinajstić information content (AvgIpc) is 3.15. The molecular weight excluding hydrogens is 321 g/mol. The van der Waals surface area contributed by atoms with Gasteiger partial charge >= 0.3 is 0 Å². The third kappa shape index (κ3) is 2.74. The van der Waals surface area contributed by atoms with Crippen LogP contribution in [0, 0.1) is 0 Å². The first-order valence-corrected chi connectivity index (χ1v) is 7.34. The molecule has 114 valence electrons. The molecule has 1 N–H and O–H groups in total. The second-order valence-corrected chi connectivity index (χ2v) is 5.77. The van der Waals surface area contributed by atoms with Crippen molar-refractivity contribution in [3.63, 3.8) is 0 Å². The molecule has 1 aromatic carbocycles. The zero-order valence-electron chi connectivity index (χ0n) is 11.7. The number of H-pyrrole nitrogens is 1. The highest BCUT2D eigenvalue weighted by Gasteiger charge is 2.25. The molecule has 1 aliphatic heterocycles. The Bertz CT molecular complexity index is 788. The summed E-state index contributed by atoms with van der Waals surface area (Å²) in [7, 11) is 0. The SMILES string of the molecule is Cl.Clc1cccc(C2CCN(c3ncc4cn[nH]c4n3)C2)c1. The van der Waals surface area contributed by atoms with E-state index in [-0.39, 0.29) is 12.4 Å². The van der Waals surface area contributed by atoms with Crippen LogP contribution in [0.3, 0.4) is 0 Å². The Morgan fingerprint density at radius 3 is 3.05 bits per heavy atom. The molecular formula is C15H15Cl2N5. The van der Waals surface area contributed by atoms with Crippen molar-refractivity contribution in [1.82, 2.24) is 20.2 Å². The highest BCUT2D eigenvalue weighted by Crippen LogP contribution is 2.30. The molecule has 1 fully saturated rings. The second-order valence-electron chi connectivity index (χ2n) is 5.33. The van der Waals surface area contributed by atoms with Crippen molar-refractivity contribution in [3.8, 4) is 0 Å². The molecule has 0 saturated carbocycles. The van der Waals surface area contributed by atoms with Crippen LogP contribution < -0.4 is 4.90 Å². The fourth-order valence-electron chi connectivity index (χ4n) is 2.86. The lowest BCUT2D eigenvalue weighted by Gasteiger charge is -2.16. The van der Waals surface area contributed by atoms with E-state index < -0.39 is 0 Å². The first-order chi connectivity index (χ1) is 10.3. The Morgan fingerprint density at radius 1 is 1.27 bits per heavy atom. The van der Waals surface area contributed by atoms with Crippen LogP contribution in [0.5, 0.6) is 0 Å². The predicted molar refractivity (Wildman–Crippen MR) is 90.0 cm³/mol. The van der Waals surface area contributed by atoms with Crippen molar-refractivity contribution in [2.45, 2.75) is 12.3 Å². The molecule has 1 unspecified atom stereocenters. The molecule has 0 aliphatic carbocycles. The average molecular weight is 336 g/mol. The van der Waals surface area contributed by atoms with E-state index in [9.17, 15) is 0 Å².